The zero-order chi connectivity index (χ0) is 14.4. The second kappa shape index (κ2) is 5.64. The number of benzene rings is 2. The summed E-state index contributed by atoms with van der Waals surface area (Å²) in [6.45, 7) is 3.90. The van der Waals surface area contributed by atoms with E-state index in [9.17, 15) is 0 Å². The summed E-state index contributed by atoms with van der Waals surface area (Å²) in [7, 11) is 0. The van der Waals surface area contributed by atoms with Crippen molar-refractivity contribution in [2.45, 2.75) is 13.8 Å². The Labute approximate surface area is 141 Å². The molecule has 22 heavy (non-hydrogen) atoms. The third-order valence-electron chi connectivity index (χ3n) is 3.64. The Balaban J connectivity index is 0.00000144. The van der Waals surface area contributed by atoms with Gasteiger partial charge in [-0.3, -0.25) is 4.98 Å². The van der Waals surface area contributed by atoms with Crippen molar-refractivity contribution in [2.24, 2.45) is 0 Å². The topological polar surface area (TPSA) is 38.9 Å². The summed E-state index contributed by atoms with van der Waals surface area (Å²) in [4.78, 5) is 9.00. The van der Waals surface area contributed by atoms with E-state index in [2.05, 4.69) is 22.1 Å². The van der Waals surface area contributed by atoms with E-state index >= 15 is 0 Å². The summed E-state index contributed by atoms with van der Waals surface area (Å²) in [6, 6.07) is 15.2. The molecular formula is C18H13IrN2O-. The van der Waals surface area contributed by atoms with Crippen LogP contribution in [0.5, 0.6) is 0 Å². The molecule has 0 fully saturated rings. The summed E-state index contributed by atoms with van der Waals surface area (Å²) in [5, 5.41) is 2.20. The molecule has 0 spiro atoms. The van der Waals surface area contributed by atoms with Crippen molar-refractivity contribution < 1.29 is 24.5 Å². The van der Waals surface area contributed by atoms with Crippen LogP contribution < -0.4 is 0 Å². The number of fused-ring (bicyclic) bond motifs is 3. The van der Waals surface area contributed by atoms with Gasteiger partial charge in [-0.2, -0.15) is 0 Å². The minimum absolute atomic E-state index is 0. The van der Waals surface area contributed by atoms with Gasteiger partial charge >= 0.3 is 0 Å². The fourth-order valence-electron chi connectivity index (χ4n) is 2.71. The zero-order valence-corrected chi connectivity index (χ0v) is 14.6. The van der Waals surface area contributed by atoms with Crippen LogP contribution in [0.3, 0.4) is 0 Å². The maximum atomic E-state index is 6.02. The van der Waals surface area contributed by atoms with Crippen molar-refractivity contribution in [1.29, 1.82) is 0 Å². The first-order valence-electron chi connectivity index (χ1n) is 6.86. The van der Waals surface area contributed by atoms with Crippen molar-refractivity contribution in [2.75, 3.05) is 0 Å². The van der Waals surface area contributed by atoms with E-state index in [1.54, 1.807) is 6.20 Å². The van der Waals surface area contributed by atoms with E-state index in [4.69, 9.17) is 4.42 Å². The molecule has 0 bridgehead atoms. The average Bonchev–Trinajstić information content (AvgIpc) is 2.86. The third-order valence-corrected chi connectivity index (χ3v) is 3.64. The van der Waals surface area contributed by atoms with Gasteiger partial charge in [0.1, 0.15) is 5.58 Å². The van der Waals surface area contributed by atoms with Gasteiger partial charge in [-0.15, -0.1) is 18.2 Å². The number of rotatable bonds is 1. The number of para-hydroxylation sites is 1. The number of hydrogen-bond donors (Lipinski definition) is 0. The van der Waals surface area contributed by atoms with Crippen LogP contribution >= 0.6 is 0 Å². The third kappa shape index (κ3) is 2.25. The average molecular weight is 466 g/mol. The molecule has 111 valence electrons. The number of hydrogen-bond acceptors (Lipinski definition) is 3. The van der Waals surface area contributed by atoms with E-state index in [1.807, 2.05) is 44.2 Å². The van der Waals surface area contributed by atoms with Gasteiger partial charge in [0.2, 0.25) is 0 Å². The molecule has 0 N–H and O–H groups in total. The predicted molar refractivity (Wildman–Crippen MR) is 83.1 cm³/mol. The Morgan fingerprint density at radius 2 is 1.86 bits per heavy atom. The van der Waals surface area contributed by atoms with Crippen LogP contribution in [0, 0.1) is 19.9 Å². The predicted octanol–water partition coefficient (Wildman–Crippen LogP) is 4.46. The number of aromatic nitrogens is 2. The fourth-order valence-corrected chi connectivity index (χ4v) is 2.71. The number of furan rings is 1. The Morgan fingerprint density at radius 3 is 2.68 bits per heavy atom. The molecule has 0 aliphatic heterocycles. The van der Waals surface area contributed by atoms with Crippen LogP contribution in [0.15, 0.2) is 47.0 Å². The molecular weight excluding hydrogens is 452 g/mol. The van der Waals surface area contributed by atoms with Crippen LogP contribution in [0.2, 0.25) is 0 Å². The minimum Gasteiger partial charge on any atom is -0.501 e. The molecule has 1 radical (unpaired) electrons. The van der Waals surface area contributed by atoms with Crippen molar-refractivity contribution in [1.82, 2.24) is 9.97 Å². The number of aryl methyl sites for hydroxylation is 2. The molecule has 0 amide bonds. The van der Waals surface area contributed by atoms with Gasteiger partial charge in [0.15, 0.2) is 0 Å². The van der Waals surface area contributed by atoms with Gasteiger partial charge in [-0.05, 0) is 19.9 Å². The summed E-state index contributed by atoms with van der Waals surface area (Å²) in [5.74, 6) is 0. The van der Waals surface area contributed by atoms with E-state index in [0.29, 0.717) is 0 Å². The van der Waals surface area contributed by atoms with E-state index in [0.717, 1.165) is 44.6 Å². The minimum atomic E-state index is 0. The summed E-state index contributed by atoms with van der Waals surface area (Å²) >= 11 is 0. The Hall–Kier alpha value is -2.03. The van der Waals surface area contributed by atoms with Crippen LogP contribution in [0.4, 0.5) is 0 Å². The maximum Gasteiger partial charge on any atom is 0.120 e. The maximum absolute atomic E-state index is 6.02. The number of nitrogens with zero attached hydrogens (tertiary/aromatic N) is 2. The van der Waals surface area contributed by atoms with Gasteiger partial charge in [0.05, 0.1) is 11.3 Å². The van der Waals surface area contributed by atoms with Gasteiger partial charge in [0, 0.05) is 43.1 Å². The van der Waals surface area contributed by atoms with E-state index < -0.39 is 0 Å². The molecule has 3 nitrogen and oxygen atoms in total. The molecule has 0 aliphatic rings. The molecule has 0 saturated heterocycles. The van der Waals surface area contributed by atoms with Gasteiger partial charge in [-0.1, -0.05) is 29.1 Å². The normalized spacial score (nSPS) is 10.8. The molecule has 2 heterocycles. The van der Waals surface area contributed by atoms with E-state index in [1.165, 1.54) is 0 Å². The first-order chi connectivity index (χ1) is 10.2. The molecule has 4 rings (SSSR count). The largest absolute Gasteiger partial charge is 0.501 e. The van der Waals surface area contributed by atoms with Gasteiger partial charge < -0.3 is 9.40 Å². The standard InChI is InChI=1S/C18H13N2O.Ir/c1-11-10-19-17(12(2)20-11)15-8-5-7-14-13-6-3-4-9-16(13)21-18(14)15;/h3-7,9-10H,1-2H3;/q-1;. The summed E-state index contributed by atoms with van der Waals surface area (Å²) < 4.78 is 6.02. The molecule has 0 atom stereocenters. The molecule has 0 aliphatic carbocycles. The quantitative estimate of drug-likeness (QED) is 0.390. The Kier molecular flexibility index (Phi) is 3.81. The first-order valence-corrected chi connectivity index (χ1v) is 6.86. The van der Waals surface area contributed by atoms with Crippen molar-refractivity contribution in [3.8, 4) is 11.3 Å². The summed E-state index contributed by atoms with van der Waals surface area (Å²) in [5.41, 5.74) is 5.19. The second-order valence-electron chi connectivity index (χ2n) is 5.14. The Bertz CT molecular complexity index is 975. The van der Waals surface area contributed by atoms with Crippen LogP contribution in [0.25, 0.3) is 33.2 Å². The van der Waals surface area contributed by atoms with Crippen LogP contribution in [-0.2, 0) is 20.1 Å². The second-order valence-corrected chi connectivity index (χ2v) is 5.14. The summed E-state index contributed by atoms with van der Waals surface area (Å²) in [6.07, 6.45) is 1.78. The fraction of sp³-hybridized carbons (Fsp3) is 0.111. The van der Waals surface area contributed by atoms with E-state index in [-0.39, 0.29) is 20.1 Å². The SMILES string of the molecule is Cc1cnc(-c2[c-]ccc3c2oc2ccccc23)c(C)n1.[Ir]. The molecule has 4 heteroatoms. The van der Waals surface area contributed by atoms with Crippen LogP contribution in [0.1, 0.15) is 11.4 Å². The monoisotopic (exact) mass is 466 g/mol. The molecule has 0 unspecified atom stereocenters. The molecule has 4 aromatic rings. The van der Waals surface area contributed by atoms with Crippen molar-refractivity contribution in [3.63, 3.8) is 0 Å². The first kappa shape index (κ1) is 14.9. The molecule has 2 aromatic heterocycles. The molecule has 0 saturated carbocycles. The van der Waals surface area contributed by atoms with Crippen molar-refractivity contribution in [3.05, 3.63) is 60.0 Å². The zero-order valence-electron chi connectivity index (χ0n) is 12.2. The van der Waals surface area contributed by atoms with Gasteiger partial charge in [0.25, 0.3) is 0 Å². The van der Waals surface area contributed by atoms with Gasteiger partial charge in [-0.25, -0.2) is 0 Å². The van der Waals surface area contributed by atoms with Crippen LogP contribution in [-0.4, -0.2) is 9.97 Å². The smallest absolute Gasteiger partial charge is 0.120 e. The van der Waals surface area contributed by atoms with Crippen molar-refractivity contribution >= 4 is 21.9 Å². The molecule has 2 aromatic carbocycles. The Morgan fingerprint density at radius 1 is 1.05 bits per heavy atom.